The van der Waals surface area contributed by atoms with Crippen molar-refractivity contribution in [2.45, 2.75) is 77.4 Å². The zero-order chi connectivity index (χ0) is 17.8. The van der Waals surface area contributed by atoms with Crippen LogP contribution in [0.1, 0.15) is 73.7 Å². The van der Waals surface area contributed by atoms with Crippen LogP contribution in [-0.2, 0) is 18.5 Å². The molecule has 1 fully saturated rings. The highest BCUT2D eigenvalue weighted by Gasteiger charge is 2.33. The van der Waals surface area contributed by atoms with Crippen molar-refractivity contribution in [2.24, 2.45) is 0 Å². The van der Waals surface area contributed by atoms with E-state index in [-0.39, 0.29) is 17.5 Å². The Morgan fingerprint density at radius 3 is 2.72 bits per heavy atom. The van der Waals surface area contributed by atoms with Crippen LogP contribution in [0.4, 0.5) is 0 Å². The molecule has 1 saturated carbocycles. The van der Waals surface area contributed by atoms with Crippen molar-refractivity contribution in [3.8, 4) is 0 Å². The number of carbonyl (C=O) groups is 1. The summed E-state index contributed by atoms with van der Waals surface area (Å²) >= 11 is 0. The van der Waals surface area contributed by atoms with E-state index >= 15 is 0 Å². The second-order valence-corrected chi connectivity index (χ2v) is 8.47. The summed E-state index contributed by atoms with van der Waals surface area (Å²) in [4.78, 5) is 17.3. The number of fused-ring (bicyclic) bond motifs is 1. The molecule has 0 aromatic carbocycles. The molecule has 0 saturated heterocycles. The van der Waals surface area contributed by atoms with Gasteiger partial charge in [-0.15, -0.1) is 0 Å². The molecule has 2 aliphatic rings. The van der Waals surface area contributed by atoms with Gasteiger partial charge in [-0.1, -0.05) is 0 Å². The lowest BCUT2D eigenvalue weighted by Crippen LogP contribution is -2.41. The number of aromatic nitrogens is 4. The maximum absolute atomic E-state index is 12.8. The van der Waals surface area contributed by atoms with E-state index in [1.54, 1.807) is 0 Å². The quantitative estimate of drug-likeness (QED) is 0.933. The molecule has 1 aliphatic carbocycles. The molecule has 0 radical (unpaired) electrons. The van der Waals surface area contributed by atoms with E-state index in [0.29, 0.717) is 11.6 Å². The van der Waals surface area contributed by atoms with Crippen LogP contribution in [-0.4, -0.2) is 31.3 Å². The molecule has 2 aromatic heterocycles. The van der Waals surface area contributed by atoms with E-state index in [1.807, 2.05) is 17.7 Å². The molecule has 0 bridgehead atoms. The second kappa shape index (κ2) is 5.71. The number of imidazole rings is 1. The van der Waals surface area contributed by atoms with Gasteiger partial charge in [0.05, 0.1) is 11.2 Å². The predicted molar refractivity (Wildman–Crippen MR) is 95.7 cm³/mol. The molecule has 1 atom stereocenters. The number of hydrogen-bond donors (Lipinski definition) is 1. The van der Waals surface area contributed by atoms with E-state index in [0.717, 1.165) is 30.9 Å². The summed E-state index contributed by atoms with van der Waals surface area (Å²) in [5.74, 6) is 1.63. The molecule has 6 nitrogen and oxygen atoms in total. The number of hydrogen-bond acceptors (Lipinski definition) is 3. The largest absolute Gasteiger partial charge is 0.346 e. The number of rotatable bonds is 3. The lowest BCUT2D eigenvalue weighted by molar-refractivity contribution is 0.0921. The van der Waals surface area contributed by atoms with Crippen molar-refractivity contribution in [2.75, 3.05) is 0 Å². The van der Waals surface area contributed by atoms with Gasteiger partial charge < -0.3 is 9.88 Å². The van der Waals surface area contributed by atoms with Gasteiger partial charge in [0, 0.05) is 36.8 Å². The number of nitrogens with zero attached hydrogens (tertiary/aromatic N) is 4. The summed E-state index contributed by atoms with van der Waals surface area (Å²) in [5, 5.41) is 7.82. The van der Waals surface area contributed by atoms with Gasteiger partial charge in [0.1, 0.15) is 11.5 Å². The first kappa shape index (κ1) is 16.4. The number of nitrogens with one attached hydrogen (secondary N) is 1. The molecule has 4 rings (SSSR count). The molecule has 0 spiro atoms. The van der Waals surface area contributed by atoms with Crippen molar-refractivity contribution >= 4 is 5.91 Å². The highest BCUT2D eigenvalue weighted by Crippen LogP contribution is 2.41. The van der Waals surface area contributed by atoms with Gasteiger partial charge in [0.2, 0.25) is 0 Å². The summed E-state index contributed by atoms with van der Waals surface area (Å²) in [7, 11) is 0. The topological polar surface area (TPSA) is 64.7 Å². The third-order valence-electron chi connectivity index (χ3n) is 5.05. The average Bonchev–Trinajstić information content (AvgIpc) is 3.14. The second-order valence-electron chi connectivity index (χ2n) is 8.47. The van der Waals surface area contributed by atoms with E-state index in [4.69, 9.17) is 0 Å². The van der Waals surface area contributed by atoms with Crippen molar-refractivity contribution < 1.29 is 4.79 Å². The molecule has 134 valence electrons. The fourth-order valence-corrected chi connectivity index (χ4v) is 3.68. The third-order valence-corrected chi connectivity index (χ3v) is 5.05. The van der Waals surface area contributed by atoms with Crippen LogP contribution in [0, 0.1) is 6.92 Å². The van der Waals surface area contributed by atoms with Gasteiger partial charge in [-0.05, 0) is 53.0 Å². The van der Waals surface area contributed by atoms with Crippen LogP contribution >= 0.6 is 0 Å². The highest BCUT2D eigenvalue weighted by molar-refractivity contribution is 5.92. The van der Waals surface area contributed by atoms with Crippen LogP contribution in [0.15, 0.2) is 12.3 Å². The molecule has 1 N–H and O–H groups in total. The first-order chi connectivity index (χ1) is 11.8. The standard InChI is InChI=1S/C19H27N5O/c1-12-10-23-11-14(7-8-17(23)20-12)21-18(25)15-9-16(13-5-6-13)24(22-15)19(2,3)4/h9-10,13-14H,5-8,11H2,1-4H3,(H,21,25)/t14-/m1/s1. The minimum absolute atomic E-state index is 0.0600. The Balaban J connectivity index is 1.50. The maximum Gasteiger partial charge on any atom is 0.272 e. The van der Waals surface area contributed by atoms with Gasteiger partial charge >= 0.3 is 0 Å². The van der Waals surface area contributed by atoms with Crippen LogP contribution in [0.3, 0.4) is 0 Å². The van der Waals surface area contributed by atoms with E-state index in [1.165, 1.54) is 18.5 Å². The number of amides is 1. The summed E-state index contributed by atoms with van der Waals surface area (Å²) < 4.78 is 4.20. The molecule has 1 amide bonds. The van der Waals surface area contributed by atoms with E-state index in [2.05, 4.69) is 46.9 Å². The first-order valence-electron chi connectivity index (χ1n) is 9.25. The van der Waals surface area contributed by atoms with E-state index < -0.39 is 0 Å². The van der Waals surface area contributed by atoms with Crippen LogP contribution in [0.2, 0.25) is 0 Å². The number of aryl methyl sites for hydroxylation is 2. The van der Waals surface area contributed by atoms with Crippen molar-refractivity contribution in [3.63, 3.8) is 0 Å². The lowest BCUT2D eigenvalue weighted by Gasteiger charge is -2.24. The minimum Gasteiger partial charge on any atom is -0.346 e. The summed E-state index contributed by atoms with van der Waals surface area (Å²) in [5.41, 5.74) is 2.68. The Kier molecular flexibility index (Phi) is 3.74. The zero-order valence-corrected chi connectivity index (χ0v) is 15.5. The molecular weight excluding hydrogens is 314 g/mol. The summed E-state index contributed by atoms with van der Waals surface area (Å²) in [6.07, 6.45) is 6.30. The zero-order valence-electron chi connectivity index (χ0n) is 15.5. The molecule has 25 heavy (non-hydrogen) atoms. The fourth-order valence-electron chi connectivity index (χ4n) is 3.68. The van der Waals surface area contributed by atoms with Gasteiger partial charge in [-0.25, -0.2) is 4.98 Å². The maximum atomic E-state index is 12.8. The average molecular weight is 341 g/mol. The molecular formula is C19H27N5O. The molecule has 3 heterocycles. The Morgan fingerprint density at radius 1 is 1.28 bits per heavy atom. The molecule has 6 heteroatoms. The first-order valence-corrected chi connectivity index (χ1v) is 9.25. The Hall–Kier alpha value is -2.11. The minimum atomic E-state index is -0.107. The SMILES string of the molecule is Cc1cn2c(n1)CC[C@@H](NC(=O)c1cc(C3CC3)n(C(C)(C)C)n1)C2. The van der Waals surface area contributed by atoms with Gasteiger partial charge in [-0.2, -0.15) is 5.10 Å². The monoisotopic (exact) mass is 341 g/mol. The van der Waals surface area contributed by atoms with Crippen molar-refractivity contribution in [1.82, 2.24) is 24.6 Å². The molecule has 2 aromatic rings. The Bertz CT molecular complexity index is 806. The highest BCUT2D eigenvalue weighted by atomic mass is 16.2. The van der Waals surface area contributed by atoms with Gasteiger partial charge in [0.25, 0.3) is 5.91 Å². The summed E-state index contributed by atoms with van der Waals surface area (Å²) in [6, 6.07) is 2.13. The smallest absolute Gasteiger partial charge is 0.272 e. The predicted octanol–water partition coefficient (Wildman–Crippen LogP) is 2.77. The van der Waals surface area contributed by atoms with Crippen LogP contribution in [0.5, 0.6) is 0 Å². The van der Waals surface area contributed by atoms with Crippen molar-refractivity contribution in [1.29, 1.82) is 0 Å². The normalized spacial score (nSPS) is 20.4. The van der Waals surface area contributed by atoms with Gasteiger partial charge in [0.15, 0.2) is 0 Å². The molecule has 1 aliphatic heterocycles. The van der Waals surface area contributed by atoms with Crippen LogP contribution < -0.4 is 5.32 Å². The Morgan fingerprint density at radius 2 is 2.04 bits per heavy atom. The van der Waals surface area contributed by atoms with Crippen LogP contribution in [0.25, 0.3) is 0 Å². The summed E-state index contributed by atoms with van der Waals surface area (Å²) in [6.45, 7) is 9.21. The third kappa shape index (κ3) is 3.22. The molecule has 0 unspecified atom stereocenters. The lowest BCUT2D eigenvalue weighted by atomic mass is 10.1. The van der Waals surface area contributed by atoms with Crippen molar-refractivity contribution in [3.05, 3.63) is 35.2 Å². The fraction of sp³-hybridized carbons (Fsp3) is 0.632. The van der Waals surface area contributed by atoms with Gasteiger partial charge in [-0.3, -0.25) is 9.48 Å². The Labute approximate surface area is 148 Å². The number of carbonyl (C=O) groups excluding carboxylic acids is 1. The van der Waals surface area contributed by atoms with E-state index in [9.17, 15) is 4.79 Å².